The standard InChI is InChI=1S/C20H17ClN2S/c1-14-4-6-15(7-5-14)19-13-18(20-3-2-12-24-20)22-23(19)17-10-8-16(21)9-11-17/h2-12,19H,13H2,1H3/t19-/m0/s1. The first-order valence-corrected chi connectivity index (χ1v) is 9.19. The average molecular weight is 353 g/mol. The van der Waals surface area contributed by atoms with Crippen LogP contribution < -0.4 is 5.01 Å². The van der Waals surface area contributed by atoms with Crippen molar-refractivity contribution in [2.24, 2.45) is 5.10 Å². The summed E-state index contributed by atoms with van der Waals surface area (Å²) in [6.45, 7) is 2.11. The van der Waals surface area contributed by atoms with E-state index in [1.54, 1.807) is 11.3 Å². The number of aryl methyl sites for hydroxylation is 1. The Morgan fingerprint density at radius 3 is 2.46 bits per heavy atom. The third-order valence-corrected chi connectivity index (χ3v) is 5.44. The lowest BCUT2D eigenvalue weighted by atomic mass is 10.00. The Balaban J connectivity index is 1.74. The normalized spacial score (nSPS) is 17.2. The molecule has 0 aliphatic carbocycles. The van der Waals surface area contributed by atoms with Crippen LogP contribution in [0.4, 0.5) is 5.69 Å². The minimum absolute atomic E-state index is 0.212. The minimum Gasteiger partial charge on any atom is -0.257 e. The third kappa shape index (κ3) is 2.97. The summed E-state index contributed by atoms with van der Waals surface area (Å²) in [4.78, 5) is 1.24. The third-order valence-electron chi connectivity index (χ3n) is 4.27. The molecule has 0 fully saturated rings. The zero-order valence-electron chi connectivity index (χ0n) is 13.3. The van der Waals surface area contributed by atoms with E-state index in [0.29, 0.717) is 0 Å². The Morgan fingerprint density at radius 1 is 1.04 bits per heavy atom. The lowest BCUT2D eigenvalue weighted by Gasteiger charge is -2.24. The van der Waals surface area contributed by atoms with Gasteiger partial charge in [-0.1, -0.05) is 47.5 Å². The summed E-state index contributed by atoms with van der Waals surface area (Å²) < 4.78 is 0. The molecule has 0 amide bonds. The van der Waals surface area contributed by atoms with Crippen molar-refractivity contribution >= 4 is 34.3 Å². The molecule has 0 spiro atoms. The van der Waals surface area contributed by atoms with Gasteiger partial charge in [-0.3, -0.25) is 5.01 Å². The molecule has 3 aromatic rings. The molecule has 4 rings (SSSR count). The Labute approximate surface area is 151 Å². The van der Waals surface area contributed by atoms with E-state index in [1.165, 1.54) is 16.0 Å². The zero-order valence-corrected chi connectivity index (χ0v) is 14.9. The summed E-state index contributed by atoms with van der Waals surface area (Å²) in [6.07, 6.45) is 0.909. The predicted octanol–water partition coefficient (Wildman–Crippen LogP) is 6.07. The van der Waals surface area contributed by atoms with Crippen LogP contribution in [0.3, 0.4) is 0 Å². The van der Waals surface area contributed by atoms with Crippen LogP contribution in [-0.4, -0.2) is 5.71 Å². The van der Waals surface area contributed by atoms with E-state index in [4.69, 9.17) is 16.7 Å². The number of anilines is 1. The van der Waals surface area contributed by atoms with Crippen LogP contribution in [0.15, 0.2) is 71.1 Å². The monoisotopic (exact) mass is 352 g/mol. The van der Waals surface area contributed by atoms with Crippen LogP contribution in [0.2, 0.25) is 5.02 Å². The largest absolute Gasteiger partial charge is 0.257 e. The number of hydrogen-bond acceptors (Lipinski definition) is 3. The number of halogens is 1. The fourth-order valence-corrected chi connectivity index (χ4v) is 3.83. The van der Waals surface area contributed by atoms with Crippen molar-refractivity contribution < 1.29 is 0 Å². The molecule has 0 saturated carbocycles. The molecule has 0 radical (unpaired) electrons. The van der Waals surface area contributed by atoms with Crippen LogP contribution in [0.25, 0.3) is 0 Å². The van der Waals surface area contributed by atoms with Crippen LogP contribution in [0.5, 0.6) is 0 Å². The first-order chi connectivity index (χ1) is 11.7. The molecule has 24 heavy (non-hydrogen) atoms. The molecule has 2 nitrogen and oxygen atoms in total. The number of hydrogen-bond donors (Lipinski definition) is 0. The van der Waals surface area contributed by atoms with E-state index in [-0.39, 0.29) is 6.04 Å². The van der Waals surface area contributed by atoms with Gasteiger partial charge in [0.15, 0.2) is 0 Å². The maximum atomic E-state index is 6.05. The molecule has 0 N–H and O–H groups in total. The Bertz CT molecular complexity index is 852. The second-order valence-electron chi connectivity index (χ2n) is 5.98. The molecule has 0 bridgehead atoms. The van der Waals surface area contributed by atoms with Gasteiger partial charge < -0.3 is 0 Å². The van der Waals surface area contributed by atoms with Crippen molar-refractivity contribution in [3.8, 4) is 0 Å². The van der Waals surface area contributed by atoms with Gasteiger partial charge in [0.2, 0.25) is 0 Å². The molecule has 2 aromatic carbocycles. The summed E-state index contributed by atoms with van der Waals surface area (Å²) in [6, 6.07) is 21.1. The Hall–Kier alpha value is -2.10. The van der Waals surface area contributed by atoms with Crippen molar-refractivity contribution in [2.75, 3.05) is 5.01 Å². The summed E-state index contributed by atoms with van der Waals surface area (Å²) in [5.41, 5.74) is 4.77. The lowest BCUT2D eigenvalue weighted by molar-refractivity contribution is 0.709. The van der Waals surface area contributed by atoms with E-state index >= 15 is 0 Å². The maximum Gasteiger partial charge on any atom is 0.0832 e. The fourth-order valence-electron chi connectivity index (χ4n) is 2.98. The van der Waals surface area contributed by atoms with Crippen molar-refractivity contribution in [1.82, 2.24) is 0 Å². The van der Waals surface area contributed by atoms with Gasteiger partial charge in [0.25, 0.3) is 0 Å². The lowest BCUT2D eigenvalue weighted by Crippen LogP contribution is -2.18. The molecular weight excluding hydrogens is 336 g/mol. The maximum absolute atomic E-state index is 6.05. The predicted molar refractivity (Wildman–Crippen MR) is 103 cm³/mol. The van der Waals surface area contributed by atoms with Gasteiger partial charge in [0.1, 0.15) is 0 Å². The quantitative estimate of drug-likeness (QED) is 0.559. The van der Waals surface area contributed by atoms with Crippen molar-refractivity contribution in [2.45, 2.75) is 19.4 Å². The fraction of sp³-hybridized carbons (Fsp3) is 0.150. The van der Waals surface area contributed by atoms with Crippen LogP contribution in [0, 0.1) is 6.92 Å². The highest BCUT2D eigenvalue weighted by Crippen LogP contribution is 2.37. The van der Waals surface area contributed by atoms with Gasteiger partial charge in [0, 0.05) is 11.4 Å². The summed E-state index contributed by atoms with van der Waals surface area (Å²) in [5.74, 6) is 0. The number of benzene rings is 2. The molecule has 1 atom stereocenters. The first-order valence-electron chi connectivity index (χ1n) is 7.93. The second-order valence-corrected chi connectivity index (χ2v) is 7.36. The highest BCUT2D eigenvalue weighted by Gasteiger charge is 2.30. The molecule has 120 valence electrons. The van der Waals surface area contributed by atoms with E-state index in [2.05, 4.69) is 53.7 Å². The summed E-state index contributed by atoms with van der Waals surface area (Å²) >= 11 is 7.79. The van der Waals surface area contributed by atoms with Gasteiger partial charge in [-0.05, 0) is 48.2 Å². The van der Waals surface area contributed by atoms with E-state index in [9.17, 15) is 0 Å². The molecule has 1 aliphatic rings. The van der Waals surface area contributed by atoms with E-state index in [1.807, 2.05) is 24.3 Å². The molecule has 4 heteroatoms. The highest BCUT2D eigenvalue weighted by atomic mass is 35.5. The molecule has 2 heterocycles. The smallest absolute Gasteiger partial charge is 0.0832 e. The average Bonchev–Trinajstić information content (AvgIpc) is 3.26. The number of hydrazone groups is 1. The minimum atomic E-state index is 0.212. The number of nitrogens with zero attached hydrogens (tertiary/aromatic N) is 2. The van der Waals surface area contributed by atoms with E-state index in [0.717, 1.165) is 22.8 Å². The van der Waals surface area contributed by atoms with Crippen molar-refractivity contribution in [1.29, 1.82) is 0 Å². The van der Waals surface area contributed by atoms with Crippen LogP contribution >= 0.6 is 22.9 Å². The molecule has 0 saturated heterocycles. The second kappa shape index (κ2) is 6.42. The van der Waals surface area contributed by atoms with Crippen LogP contribution in [-0.2, 0) is 0 Å². The van der Waals surface area contributed by atoms with Gasteiger partial charge in [-0.2, -0.15) is 5.10 Å². The van der Waals surface area contributed by atoms with Crippen molar-refractivity contribution in [3.63, 3.8) is 0 Å². The summed E-state index contributed by atoms with van der Waals surface area (Å²) in [5, 5.41) is 9.89. The number of thiophene rings is 1. The Morgan fingerprint density at radius 2 is 1.79 bits per heavy atom. The zero-order chi connectivity index (χ0) is 16.5. The molecule has 1 aliphatic heterocycles. The van der Waals surface area contributed by atoms with Crippen molar-refractivity contribution in [3.05, 3.63) is 87.1 Å². The van der Waals surface area contributed by atoms with Gasteiger partial charge in [-0.15, -0.1) is 11.3 Å². The van der Waals surface area contributed by atoms with Gasteiger partial charge >= 0.3 is 0 Å². The Kier molecular flexibility index (Phi) is 4.13. The molecule has 1 aromatic heterocycles. The summed E-state index contributed by atoms with van der Waals surface area (Å²) in [7, 11) is 0. The molecular formula is C20H17ClN2S. The highest BCUT2D eigenvalue weighted by molar-refractivity contribution is 7.12. The number of rotatable bonds is 3. The van der Waals surface area contributed by atoms with Crippen LogP contribution in [0.1, 0.15) is 28.5 Å². The topological polar surface area (TPSA) is 15.6 Å². The van der Waals surface area contributed by atoms with E-state index < -0.39 is 0 Å². The van der Waals surface area contributed by atoms with Gasteiger partial charge in [0.05, 0.1) is 22.3 Å². The molecule has 0 unspecified atom stereocenters. The first kappa shape index (κ1) is 15.4. The van der Waals surface area contributed by atoms with Gasteiger partial charge in [-0.25, -0.2) is 0 Å². The SMILES string of the molecule is Cc1ccc([C@@H]2CC(c3cccs3)=NN2c2ccc(Cl)cc2)cc1.